The zero-order chi connectivity index (χ0) is 20.9. The first-order chi connectivity index (χ1) is 13.8. The van der Waals surface area contributed by atoms with Crippen molar-refractivity contribution in [2.75, 3.05) is 45.9 Å². The van der Waals surface area contributed by atoms with Crippen LogP contribution in [0.3, 0.4) is 0 Å². The van der Waals surface area contributed by atoms with Gasteiger partial charge in [-0.05, 0) is 25.0 Å². The highest BCUT2D eigenvalue weighted by Gasteiger charge is 2.27. The van der Waals surface area contributed by atoms with Crippen molar-refractivity contribution in [1.82, 2.24) is 19.9 Å². The number of nitrogens with zero attached hydrogens (tertiary/aromatic N) is 4. The fourth-order valence-electron chi connectivity index (χ4n) is 3.11. The highest BCUT2D eigenvalue weighted by molar-refractivity contribution is 5.54. The molecule has 0 atom stereocenters. The third kappa shape index (κ3) is 6.76. The molecule has 160 valence electrons. The summed E-state index contributed by atoms with van der Waals surface area (Å²) in [6.07, 6.45) is -3.70. The Morgan fingerprint density at radius 1 is 1.14 bits per heavy atom. The number of aryl methyl sites for hydroxylation is 1. The second-order valence-electron chi connectivity index (χ2n) is 7.11. The molecule has 2 heterocycles. The molecule has 1 aliphatic rings. The zero-order valence-corrected chi connectivity index (χ0v) is 16.2. The Bertz CT molecular complexity index is 789. The number of benzene rings is 1. The average molecular weight is 416 g/mol. The molecule has 10 heteroatoms. The van der Waals surface area contributed by atoms with Gasteiger partial charge in [0.1, 0.15) is 12.4 Å². The topological polar surface area (TPSA) is 54.6 Å². The van der Waals surface area contributed by atoms with Gasteiger partial charge < -0.3 is 14.2 Å². The Balaban J connectivity index is 1.39. The summed E-state index contributed by atoms with van der Waals surface area (Å²) < 4.78 is 59.7. The highest BCUT2D eigenvalue weighted by atomic mass is 19.4. The Hall–Kier alpha value is -2.04. The van der Waals surface area contributed by atoms with Gasteiger partial charge in [0.15, 0.2) is 0 Å². The van der Waals surface area contributed by atoms with Gasteiger partial charge in [-0.2, -0.15) is 18.2 Å². The fourth-order valence-corrected chi connectivity index (χ4v) is 3.11. The molecule has 1 aromatic carbocycles. The van der Waals surface area contributed by atoms with Crippen LogP contribution in [0.15, 0.2) is 22.7 Å². The number of ether oxygens (including phenoxy) is 1. The van der Waals surface area contributed by atoms with E-state index in [0.29, 0.717) is 42.4 Å². The number of alkyl halides is 3. The standard InChI is InChI=1S/C19H24F4N4O2/c1-14-3-4-15(11-16(14)20)18-24-17(29-25-18)12-27-8-6-26(7-9-27)5-2-10-28-13-19(21,22)23/h3-4,11H,2,5-10,12-13H2,1H3. The molecule has 29 heavy (non-hydrogen) atoms. The zero-order valence-electron chi connectivity index (χ0n) is 16.2. The van der Waals surface area contributed by atoms with Crippen molar-refractivity contribution < 1.29 is 26.8 Å². The lowest BCUT2D eigenvalue weighted by Gasteiger charge is -2.33. The van der Waals surface area contributed by atoms with E-state index in [4.69, 9.17) is 4.52 Å². The molecule has 0 radical (unpaired) electrons. The van der Waals surface area contributed by atoms with Crippen molar-refractivity contribution in [3.8, 4) is 11.4 Å². The van der Waals surface area contributed by atoms with Crippen molar-refractivity contribution in [3.63, 3.8) is 0 Å². The van der Waals surface area contributed by atoms with Crippen molar-refractivity contribution in [3.05, 3.63) is 35.5 Å². The summed E-state index contributed by atoms with van der Waals surface area (Å²) in [6.45, 7) is 5.01. The first-order valence-corrected chi connectivity index (χ1v) is 9.48. The second kappa shape index (κ2) is 9.64. The van der Waals surface area contributed by atoms with Crippen LogP contribution in [0.1, 0.15) is 17.9 Å². The Morgan fingerprint density at radius 2 is 1.86 bits per heavy atom. The van der Waals surface area contributed by atoms with E-state index in [1.165, 1.54) is 6.07 Å². The van der Waals surface area contributed by atoms with Gasteiger partial charge in [-0.3, -0.25) is 4.90 Å². The maximum atomic E-state index is 13.7. The fraction of sp³-hybridized carbons (Fsp3) is 0.579. The van der Waals surface area contributed by atoms with E-state index in [1.807, 2.05) is 0 Å². The molecular formula is C19H24F4N4O2. The smallest absolute Gasteiger partial charge is 0.372 e. The van der Waals surface area contributed by atoms with Gasteiger partial charge >= 0.3 is 6.18 Å². The largest absolute Gasteiger partial charge is 0.411 e. The molecule has 0 amide bonds. The summed E-state index contributed by atoms with van der Waals surface area (Å²) in [5.41, 5.74) is 1.13. The Morgan fingerprint density at radius 3 is 2.55 bits per heavy atom. The van der Waals surface area contributed by atoms with Gasteiger partial charge in [0, 0.05) is 44.9 Å². The molecule has 1 saturated heterocycles. The number of piperazine rings is 1. The first kappa shape index (κ1) is 21.7. The molecule has 0 spiro atoms. The van der Waals surface area contributed by atoms with Gasteiger partial charge in [0.2, 0.25) is 11.7 Å². The minimum atomic E-state index is -4.27. The van der Waals surface area contributed by atoms with E-state index in [1.54, 1.807) is 19.1 Å². The molecule has 1 fully saturated rings. The minimum absolute atomic E-state index is 0.101. The summed E-state index contributed by atoms with van der Waals surface area (Å²) >= 11 is 0. The van der Waals surface area contributed by atoms with Gasteiger partial charge in [-0.1, -0.05) is 17.3 Å². The van der Waals surface area contributed by atoms with E-state index in [9.17, 15) is 17.6 Å². The van der Waals surface area contributed by atoms with E-state index in [2.05, 4.69) is 24.7 Å². The lowest BCUT2D eigenvalue weighted by molar-refractivity contribution is -0.174. The molecule has 0 unspecified atom stereocenters. The number of rotatable bonds is 8. The predicted molar refractivity (Wildman–Crippen MR) is 97.6 cm³/mol. The monoisotopic (exact) mass is 416 g/mol. The van der Waals surface area contributed by atoms with Crippen LogP contribution in [0.25, 0.3) is 11.4 Å². The van der Waals surface area contributed by atoms with Gasteiger partial charge in [-0.25, -0.2) is 4.39 Å². The minimum Gasteiger partial charge on any atom is -0.372 e. The molecule has 1 aromatic heterocycles. The average Bonchev–Trinajstić information content (AvgIpc) is 3.12. The lowest BCUT2D eigenvalue weighted by atomic mass is 10.1. The molecule has 1 aliphatic heterocycles. The third-order valence-electron chi connectivity index (χ3n) is 4.75. The highest BCUT2D eigenvalue weighted by Crippen LogP contribution is 2.20. The summed E-state index contributed by atoms with van der Waals surface area (Å²) in [6, 6.07) is 4.82. The van der Waals surface area contributed by atoms with Crippen LogP contribution < -0.4 is 0 Å². The first-order valence-electron chi connectivity index (χ1n) is 9.48. The number of halogens is 4. The molecule has 0 N–H and O–H groups in total. The van der Waals surface area contributed by atoms with E-state index < -0.39 is 12.8 Å². The molecule has 0 saturated carbocycles. The SMILES string of the molecule is Cc1ccc(-c2noc(CN3CCN(CCCOCC(F)(F)F)CC3)n2)cc1F. The van der Waals surface area contributed by atoms with Crippen LogP contribution in [0.2, 0.25) is 0 Å². The molecule has 6 nitrogen and oxygen atoms in total. The van der Waals surface area contributed by atoms with Crippen molar-refractivity contribution in [2.45, 2.75) is 26.1 Å². The van der Waals surface area contributed by atoms with Crippen molar-refractivity contribution in [2.24, 2.45) is 0 Å². The molecule has 0 bridgehead atoms. The molecule has 2 aromatic rings. The summed E-state index contributed by atoms with van der Waals surface area (Å²) in [4.78, 5) is 8.71. The van der Waals surface area contributed by atoms with Gasteiger partial charge in [-0.15, -0.1) is 0 Å². The van der Waals surface area contributed by atoms with E-state index in [-0.39, 0.29) is 12.4 Å². The van der Waals surface area contributed by atoms with Crippen LogP contribution in [0, 0.1) is 12.7 Å². The Kier molecular flexibility index (Phi) is 7.20. The normalized spacial score (nSPS) is 16.4. The van der Waals surface area contributed by atoms with Crippen LogP contribution >= 0.6 is 0 Å². The maximum Gasteiger partial charge on any atom is 0.411 e. The van der Waals surface area contributed by atoms with Gasteiger partial charge in [0.25, 0.3) is 0 Å². The second-order valence-corrected chi connectivity index (χ2v) is 7.11. The molecular weight excluding hydrogens is 392 g/mol. The van der Waals surface area contributed by atoms with Crippen LogP contribution in [0.5, 0.6) is 0 Å². The summed E-state index contributed by atoms with van der Waals surface area (Å²) in [7, 11) is 0. The van der Waals surface area contributed by atoms with Gasteiger partial charge in [0.05, 0.1) is 6.54 Å². The number of hydrogen-bond donors (Lipinski definition) is 0. The van der Waals surface area contributed by atoms with Crippen molar-refractivity contribution in [1.29, 1.82) is 0 Å². The number of aromatic nitrogens is 2. The van der Waals surface area contributed by atoms with E-state index in [0.717, 1.165) is 26.2 Å². The van der Waals surface area contributed by atoms with E-state index >= 15 is 0 Å². The maximum absolute atomic E-state index is 13.7. The van der Waals surface area contributed by atoms with Crippen LogP contribution in [-0.2, 0) is 11.3 Å². The van der Waals surface area contributed by atoms with Crippen molar-refractivity contribution >= 4 is 0 Å². The predicted octanol–water partition coefficient (Wildman–Crippen LogP) is 3.27. The summed E-state index contributed by atoms with van der Waals surface area (Å²) in [5, 5.41) is 3.93. The van der Waals surface area contributed by atoms with Crippen LogP contribution in [-0.4, -0.2) is 72.1 Å². The Labute approximate surface area is 166 Å². The third-order valence-corrected chi connectivity index (χ3v) is 4.75. The lowest BCUT2D eigenvalue weighted by Crippen LogP contribution is -2.46. The molecule has 3 rings (SSSR count). The number of hydrogen-bond acceptors (Lipinski definition) is 6. The summed E-state index contributed by atoms with van der Waals surface area (Å²) in [5.74, 6) is 0.514. The quantitative estimate of drug-likeness (QED) is 0.486. The van der Waals surface area contributed by atoms with Crippen LogP contribution in [0.4, 0.5) is 17.6 Å². The molecule has 0 aliphatic carbocycles.